The first kappa shape index (κ1) is 18.6. The van der Waals surface area contributed by atoms with Crippen LogP contribution in [-0.4, -0.2) is 24.3 Å². The summed E-state index contributed by atoms with van der Waals surface area (Å²) < 4.78 is 0. The molecule has 0 heterocycles. The average Bonchev–Trinajstić information content (AvgIpc) is 3.42. The molecule has 27 heavy (non-hydrogen) atoms. The number of hydrogen-bond acceptors (Lipinski definition) is 3. The maximum atomic E-state index is 12.1. The Morgan fingerprint density at radius 2 is 1.63 bits per heavy atom. The van der Waals surface area contributed by atoms with Gasteiger partial charge in [-0.25, -0.2) is 0 Å². The predicted molar refractivity (Wildman–Crippen MR) is 103 cm³/mol. The van der Waals surface area contributed by atoms with Crippen molar-refractivity contribution >= 4 is 23.4 Å². The van der Waals surface area contributed by atoms with E-state index in [9.17, 15) is 14.4 Å². The highest BCUT2D eigenvalue weighted by atomic mass is 16.2. The van der Waals surface area contributed by atoms with Gasteiger partial charge in [-0.15, -0.1) is 0 Å². The molecule has 3 rings (SSSR count). The van der Waals surface area contributed by atoms with Crippen LogP contribution in [0.3, 0.4) is 0 Å². The quantitative estimate of drug-likeness (QED) is 0.704. The number of benzene rings is 2. The molecule has 0 radical (unpaired) electrons. The fraction of sp³-hybridized carbons (Fsp3) is 0.286. The summed E-state index contributed by atoms with van der Waals surface area (Å²) in [5.74, 6) is -0.0200. The molecule has 1 saturated carbocycles. The van der Waals surface area contributed by atoms with Crippen molar-refractivity contribution in [2.75, 3.05) is 11.9 Å². The Labute approximate surface area is 158 Å². The molecule has 2 aromatic carbocycles. The van der Waals surface area contributed by atoms with Crippen LogP contribution < -0.4 is 16.0 Å². The van der Waals surface area contributed by atoms with Gasteiger partial charge in [-0.2, -0.15) is 0 Å². The molecule has 1 aliphatic rings. The van der Waals surface area contributed by atoms with Crippen LogP contribution in [0.2, 0.25) is 0 Å². The molecule has 0 bridgehead atoms. The number of carbonyl (C=O) groups excluding carboxylic acids is 3. The number of nitrogens with one attached hydrogen (secondary N) is 3. The van der Waals surface area contributed by atoms with Crippen molar-refractivity contribution in [3.8, 4) is 0 Å². The summed E-state index contributed by atoms with van der Waals surface area (Å²) in [7, 11) is 0. The minimum absolute atomic E-state index is 0.0230. The molecule has 1 aliphatic carbocycles. The number of rotatable bonds is 7. The van der Waals surface area contributed by atoms with Gasteiger partial charge in [0.25, 0.3) is 5.91 Å². The van der Waals surface area contributed by atoms with E-state index in [1.165, 1.54) is 0 Å². The van der Waals surface area contributed by atoms with Crippen molar-refractivity contribution in [1.29, 1.82) is 0 Å². The molecule has 1 fully saturated rings. The van der Waals surface area contributed by atoms with Crippen LogP contribution in [0.5, 0.6) is 0 Å². The van der Waals surface area contributed by atoms with Crippen LogP contribution in [0.4, 0.5) is 5.69 Å². The van der Waals surface area contributed by atoms with Crippen molar-refractivity contribution in [3.63, 3.8) is 0 Å². The second-order valence-electron chi connectivity index (χ2n) is 6.83. The van der Waals surface area contributed by atoms with Gasteiger partial charge in [0.15, 0.2) is 0 Å². The van der Waals surface area contributed by atoms with Gasteiger partial charge in [0.1, 0.15) is 0 Å². The Balaban J connectivity index is 1.42. The lowest BCUT2D eigenvalue weighted by atomic mass is 10.2. The van der Waals surface area contributed by atoms with Gasteiger partial charge < -0.3 is 16.0 Å². The first-order valence-corrected chi connectivity index (χ1v) is 9.02. The monoisotopic (exact) mass is 365 g/mol. The van der Waals surface area contributed by atoms with E-state index in [1.807, 2.05) is 37.3 Å². The summed E-state index contributed by atoms with van der Waals surface area (Å²) in [5.41, 5.74) is 2.09. The fourth-order valence-corrected chi connectivity index (χ4v) is 2.75. The van der Waals surface area contributed by atoms with Crippen LogP contribution >= 0.6 is 0 Å². The summed E-state index contributed by atoms with van der Waals surface area (Å²) in [6, 6.07) is 16.2. The molecule has 0 aromatic heterocycles. The van der Waals surface area contributed by atoms with E-state index in [0.29, 0.717) is 23.7 Å². The van der Waals surface area contributed by atoms with Crippen molar-refractivity contribution in [2.45, 2.75) is 19.9 Å². The van der Waals surface area contributed by atoms with Gasteiger partial charge in [0.05, 0.1) is 6.54 Å². The van der Waals surface area contributed by atoms with E-state index in [1.54, 1.807) is 24.3 Å². The maximum absolute atomic E-state index is 12.1. The molecule has 0 spiro atoms. The number of amides is 3. The van der Waals surface area contributed by atoms with Crippen molar-refractivity contribution < 1.29 is 14.4 Å². The standard InChI is InChI=1S/C21H23N3O3/c1-14-11-18(14)21(27)24-17-9-7-16(8-10-17)20(26)23-13-19(25)22-12-15-5-3-2-4-6-15/h2-10,14,18H,11-13H2,1H3,(H,22,25)(H,23,26)(H,24,27). The van der Waals surface area contributed by atoms with Crippen molar-refractivity contribution in [2.24, 2.45) is 11.8 Å². The molecule has 6 nitrogen and oxygen atoms in total. The van der Waals surface area contributed by atoms with Crippen LogP contribution in [-0.2, 0) is 16.1 Å². The van der Waals surface area contributed by atoms with Crippen LogP contribution in [0.15, 0.2) is 54.6 Å². The molecule has 2 atom stereocenters. The molecule has 0 aliphatic heterocycles. The van der Waals surface area contributed by atoms with Gasteiger partial charge in [-0.3, -0.25) is 14.4 Å². The Bertz CT molecular complexity index is 818. The van der Waals surface area contributed by atoms with E-state index >= 15 is 0 Å². The van der Waals surface area contributed by atoms with Crippen LogP contribution in [0.1, 0.15) is 29.3 Å². The van der Waals surface area contributed by atoms with E-state index in [2.05, 4.69) is 16.0 Å². The number of hydrogen-bond donors (Lipinski definition) is 3. The smallest absolute Gasteiger partial charge is 0.251 e. The van der Waals surface area contributed by atoms with Crippen molar-refractivity contribution in [1.82, 2.24) is 10.6 Å². The third-order valence-corrected chi connectivity index (χ3v) is 4.60. The SMILES string of the molecule is CC1CC1C(=O)Nc1ccc(C(=O)NCC(=O)NCc2ccccc2)cc1. The highest BCUT2D eigenvalue weighted by molar-refractivity contribution is 5.98. The number of carbonyl (C=O) groups is 3. The zero-order valence-electron chi connectivity index (χ0n) is 15.2. The second kappa shape index (κ2) is 8.49. The Hall–Kier alpha value is -3.15. The normalized spacial score (nSPS) is 17.7. The van der Waals surface area contributed by atoms with Gasteiger partial charge in [-0.1, -0.05) is 37.3 Å². The first-order chi connectivity index (χ1) is 13.0. The summed E-state index contributed by atoms with van der Waals surface area (Å²) in [5, 5.41) is 8.19. The highest BCUT2D eigenvalue weighted by Gasteiger charge is 2.39. The van der Waals surface area contributed by atoms with Crippen LogP contribution in [0, 0.1) is 11.8 Å². The topological polar surface area (TPSA) is 87.3 Å². The van der Waals surface area contributed by atoms with Gasteiger partial charge in [0.2, 0.25) is 11.8 Å². The molecule has 3 amide bonds. The van der Waals surface area contributed by atoms with E-state index in [0.717, 1.165) is 12.0 Å². The zero-order chi connectivity index (χ0) is 19.2. The van der Waals surface area contributed by atoms with Gasteiger partial charge in [0, 0.05) is 23.7 Å². The Morgan fingerprint density at radius 1 is 0.963 bits per heavy atom. The fourth-order valence-electron chi connectivity index (χ4n) is 2.75. The average molecular weight is 365 g/mol. The van der Waals surface area contributed by atoms with Gasteiger partial charge >= 0.3 is 0 Å². The lowest BCUT2D eigenvalue weighted by Gasteiger charge is -2.08. The van der Waals surface area contributed by atoms with Crippen molar-refractivity contribution in [3.05, 3.63) is 65.7 Å². The Morgan fingerprint density at radius 3 is 2.26 bits per heavy atom. The largest absolute Gasteiger partial charge is 0.350 e. The molecule has 140 valence electrons. The molecule has 2 aromatic rings. The molecular weight excluding hydrogens is 342 g/mol. The van der Waals surface area contributed by atoms with Crippen LogP contribution in [0.25, 0.3) is 0 Å². The lowest BCUT2D eigenvalue weighted by molar-refractivity contribution is -0.120. The Kier molecular flexibility index (Phi) is 5.86. The summed E-state index contributed by atoms with van der Waals surface area (Å²) in [4.78, 5) is 35.9. The summed E-state index contributed by atoms with van der Waals surface area (Å²) in [6.45, 7) is 2.38. The third kappa shape index (κ3) is 5.41. The van der Waals surface area contributed by atoms with Gasteiger partial charge in [-0.05, 0) is 42.2 Å². The minimum atomic E-state index is -0.335. The zero-order valence-corrected chi connectivity index (χ0v) is 15.2. The second-order valence-corrected chi connectivity index (χ2v) is 6.83. The molecule has 6 heteroatoms. The molecule has 0 saturated heterocycles. The van der Waals surface area contributed by atoms with E-state index in [-0.39, 0.29) is 30.2 Å². The summed E-state index contributed by atoms with van der Waals surface area (Å²) in [6.07, 6.45) is 0.929. The summed E-state index contributed by atoms with van der Waals surface area (Å²) >= 11 is 0. The molecule has 2 unspecified atom stereocenters. The molecule has 3 N–H and O–H groups in total. The molecular formula is C21H23N3O3. The lowest BCUT2D eigenvalue weighted by Crippen LogP contribution is -2.36. The maximum Gasteiger partial charge on any atom is 0.251 e. The number of anilines is 1. The van der Waals surface area contributed by atoms with E-state index < -0.39 is 0 Å². The van der Waals surface area contributed by atoms with E-state index in [4.69, 9.17) is 0 Å². The predicted octanol–water partition coefficient (Wildman–Crippen LogP) is 2.33. The third-order valence-electron chi connectivity index (χ3n) is 4.60. The minimum Gasteiger partial charge on any atom is -0.350 e. The highest BCUT2D eigenvalue weighted by Crippen LogP contribution is 2.38. The first-order valence-electron chi connectivity index (χ1n) is 9.02.